The highest BCUT2D eigenvalue weighted by Crippen LogP contribution is 2.30. The lowest BCUT2D eigenvalue weighted by molar-refractivity contribution is 1.21. The van der Waals surface area contributed by atoms with Gasteiger partial charge in [-0.25, -0.2) is 4.98 Å². The van der Waals surface area contributed by atoms with Gasteiger partial charge >= 0.3 is 0 Å². The molecule has 68 valence electrons. The molecule has 0 unspecified atom stereocenters. The van der Waals surface area contributed by atoms with Crippen molar-refractivity contribution in [2.24, 2.45) is 0 Å². The van der Waals surface area contributed by atoms with Crippen LogP contribution in [0.3, 0.4) is 0 Å². The second kappa shape index (κ2) is 4.54. The summed E-state index contributed by atoms with van der Waals surface area (Å²) in [6.07, 6.45) is 1.59. The predicted octanol–water partition coefficient (Wildman–Crippen LogP) is 3.65. The third-order valence-corrected chi connectivity index (χ3v) is 5.29. The second-order valence-electron chi connectivity index (χ2n) is 2.19. The Kier molecular flexibility index (Phi) is 3.37. The van der Waals surface area contributed by atoms with Gasteiger partial charge in [-0.2, -0.15) is 4.37 Å². The van der Waals surface area contributed by atoms with Crippen molar-refractivity contribution < 1.29 is 0 Å². The van der Waals surface area contributed by atoms with Crippen molar-refractivity contribution in [3.63, 3.8) is 0 Å². The van der Waals surface area contributed by atoms with Crippen molar-refractivity contribution in [3.05, 3.63) is 27.1 Å². The maximum absolute atomic E-state index is 4.11. The third-order valence-electron chi connectivity index (χ3n) is 1.36. The Bertz CT molecular complexity index is 371. The number of aromatic nitrogens is 2. The minimum absolute atomic E-state index is 0.966. The SMILES string of the molecule is Brc1ccsc1CSc1ncns1. The largest absolute Gasteiger partial charge is 0.216 e. The molecule has 0 atom stereocenters. The highest BCUT2D eigenvalue weighted by atomic mass is 79.9. The van der Waals surface area contributed by atoms with Crippen LogP contribution < -0.4 is 0 Å². The molecule has 0 aliphatic carbocycles. The van der Waals surface area contributed by atoms with Gasteiger partial charge in [0.2, 0.25) is 0 Å². The van der Waals surface area contributed by atoms with E-state index in [1.165, 1.54) is 20.9 Å². The summed E-state index contributed by atoms with van der Waals surface area (Å²) in [4.78, 5) is 5.45. The van der Waals surface area contributed by atoms with Gasteiger partial charge in [-0.1, -0.05) is 11.8 Å². The minimum atomic E-state index is 0.966. The quantitative estimate of drug-likeness (QED) is 0.808. The van der Waals surface area contributed by atoms with Crippen LogP contribution in [0.2, 0.25) is 0 Å². The smallest absolute Gasteiger partial charge is 0.170 e. The molecule has 6 heteroatoms. The van der Waals surface area contributed by atoms with Crippen molar-refractivity contribution in [1.82, 2.24) is 9.36 Å². The van der Waals surface area contributed by atoms with Crippen molar-refractivity contribution in [2.45, 2.75) is 10.1 Å². The van der Waals surface area contributed by atoms with Crippen LogP contribution in [0.1, 0.15) is 4.88 Å². The first-order valence-electron chi connectivity index (χ1n) is 3.47. The summed E-state index contributed by atoms with van der Waals surface area (Å²) >= 11 is 8.42. The molecule has 0 saturated heterocycles. The van der Waals surface area contributed by atoms with Crippen LogP contribution in [0.15, 0.2) is 26.6 Å². The molecular formula is C7H5BrN2S3. The van der Waals surface area contributed by atoms with E-state index in [1.54, 1.807) is 29.4 Å². The molecule has 2 rings (SSSR count). The Morgan fingerprint density at radius 3 is 3.08 bits per heavy atom. The fraction of sp³-hybridized carbons (Fsp3) is 0.143. The van der Waals surface area contributed by atoms with Crippen molar-refractivity contribution in [1.29, 1.82) is 0 Å². The lowest BCUT2D eigenvalue weighted by atomic mass is 10.5. The molecule has 2 heterocycles. The number of thiophene rings is 1. The predicted molar refractivity (Wildman–Crippen MR) is 61.5 cm³/mol. The van der Waals surface area contributed by atoms with Crippen molar-refractivity contribution in [2.75, 3.05) is 0 Å². The zero-order valence-electron chi connectivity index (χ0n) is 6.44. The van der Waals surface area contributed by atoms with Gasteiger partial charge in [0.25, 0.3) is 0 Å². The molecule has 0 radical (unpaired) electrons. The van der Waals surface area contributed by atoms with E-state index in [0.717, 1.165) is 10.1 Å². The first-order chi connectivity index (χ1) is 6.36. The fourth-order valence-electron chi connectivity index (χ4n) is 0.782. The Hall–Kier alpha value is 0.0900. The number of hydrogen-bond acceptors (Lipinski definition) is 5. The van der Waals surface area contributed by atoms with Gasteiger partial charge in [0.05, 0.1) is 0 Å². The van der Waals surface area contributed by atoms with Gasteiger partial charge in [-0.15, -0.1) is 11.3 Å². The molecule has 0 amide bonds. The summed E-state index contributed by atoms with van der Waals surface area (Å²) in [6, 6.07) is 2.07. The molecule has 0 aliphatic heterocycles. The average molecular weight is 293 g/mol. The van der Waals surface area contributed by atoms with Gasteiger partial charge in [0, 0.05) is 15.1 Å². The summed E-state index contributed by atoms with van der Waals surface area (Å²) in [5.41, 5.74) is 0. The van der Waals surface area contributed by atoms with E-state index in [1.807, 2.05) is 0 Å². The molecule has 2 aromatic rings. The molecule has 13 heavy (non-hydrogen) atoms. The van der Waals surface area contributed by atoms with E-state index in [0.29, 0.717) is 0 Å². The number of nitrogens with zero attached hydrogens (tertiary/aromatic N) is 2. The van der Waals surface area contributed by atoms with Crippen LogP contribution in [0.5, 0.6) is 0 Å². The number of halogens is 1. The van der Waals surface area contributed by atoms with E-state index in [4.69, 9.17) is 0 Å². The summed E-state index contributed by atoms with van der Waals surface area (Å²) in [5, 5.41) is 2.08. The summed E-state index contributed by atoms with van der Waals surface area (Å²) in [6.45, 7) is 0. The number of rotatable bonds is 3. The minimum Gasteiger partial charge on any atom is -0.216 e. The monoisotopic (exact) mass is 292 g/mol. The Morgan fingerprint density at radius 2 is 2.46 bits per heavy atom. The first kappa shape index (κ1) is 9.64. The molecule has 0 saturated carbocycles. The van der Waals surface area contributed by atoms with Gasteiger partial charge in [0.1, 0.15) is 6.33 Å². The standard InChI is InChI=1S/C7H5BrN2S3/c8-5-1-2-11-6(5)3-12-7-9-4-10-13-7/h1-2,4H,3H2. The summed E-state index contributed by atoms with van der Waals surface area (Å²) in [5.74, 6) is 0.966. The van der Waals surface area contributed by atoms with E-state index in [9.17, 15) is 0 Å². The zero-order valence-corrected chi connectivity index (χ0v) is 10.5. The molecule has 0 bridgehead atoms. The number of hydrogen-bond donors (Lipinski definition) is 0. The summed E-state index contributed by atoms with van der Waals surface area (Å²) < 4.78 is 6.16. The lowest BCUT2D eigenvalue weighted by Crippen LogP contribution is -1.74. The van der Waals surface area contributed by atoms with Gasteiger partial charge in [0.15, 0.2) is 4.34 Å². The molecule has 0 N–H and O–H groups in total. The Morgan fingerprint density at radius 1 is 1.54 bits per heavy atom. The van der Waals surface area contributed by atoms with Gasteiger partial charge in [-0.05, 0) is 38.9 Å². The van der Waals surface area contributed by atoms with Crippen LogP contribution >= 0.6 is 50.6 Å². The highest BCUT2D eigenvalue weighted by Gasteiger charge is 2.03. The normalized spacial score (nSPS) is 10.5. The number of thioether (sulfide) groups is 1. The molecule has 0 spiro atoms. The van der Waals surface area contributed by atoms with E-state index < -0.39 is 0 Å². The lowest BCUT2D eigenvalue weighted by Gasteiger charge is -1.94. The van der Waals surface area contributed by atoms with Crippen LogP contribution in [-0.4, -0.2) is 9.36 Å². The van der Waals surface area contributed by atoms with Crippen LogP contribution in [-0.2, 0) is 5.75 Å². The average Bonchev–Trinajstić information content (AvgIpc) is 2.72. The summed E-state index contributed by atoms with van der Waals surface area (Å²) in [7, 11) is 0. The second-order valence-corrected chi connectivity index (χ2v) is 6.05. The van der Waals surface area contributed by atoms with Crippen molar-refractivity contribution in [3.8, 4) is 0 Å². The highest BCUT2D eigenvalue weighted by molar-refractivity contribution is 9.10. The van der Waals surface area contributed by atoms with Gasteiger partial charge in [-0.3, -0.25) is 0 Å². The van der Waals surface area contributed by atoms with E-state index in [2.05, 4.69) is 36.7 Å². The molecule has 2 aromatic heterocycles. The maximum Gasteiger partial charge on any atom is 0.170 e. The van der Waals surface area contributed by atoms with Crippen LogP contribution in [0.25, 0.3) is 0 Å². The van der Waals surface area contributed by atoms with Crippen LogP contribution in [0, 0.1) is 0 Å². The third kappa shape index (κ3) is 2.52. The van der Waals surface area contributed by atoms with E-state index >= 15 is 0 Å². The zero-order chi connectivity index (χ0) is 9.10. The Balaban J connectivity index is 1.97. The molecule has 0 fully saturated rings. The topological polar surface area (TPSA) is 25.8 Å². The van der Waals surface area contributed by atoms with Crippen LogP contribution in [0.4, 0.5) is 0 Å². The molecular weight excluding hydrogens is 288 g/mol. The van der Waals surface area contributed by atoms with E-state index in [-0.39, 0.29) is 0 Å². The Labute approximate surface area is 96.7 Å². The molecule has 0 aliphatic rings. The fourth-order valence-corrected chi connectivity index (χ4v) is 4.02. The molecule has 2 nitrogen and oxygen atoms in total. The van der Waals surface area contributed by atoms with Gasteiger partial charge < -0.3 is 0 Å². The maximum atomic E-state index is 4.11. The first-order valence-corrected chi connectivity index (χ1v) is 6.91. The van der Waals surface area contributed by atoms with Crippen molar-refractivity contribution >= 4 is 50.6 Å². The molecule has 0 aromatic carbocycles.